The minimum absolute atomic E-state index is 0. The third kappa shape index (κ3) is 71.5. The molecule has 0 bridgehead atoms. The minimum atomic E-state index is -1.83. The molecule has 0 aliphatic heterocycles. The second kappa shape index (κ2) is 30.4. The van der Waals surface area contributed by atoms with Gasteiger partial charge < -0.3 is 25.9 Å². The van der Waals surface area contributed by atoms with Crippen LogP contribution in [-0.4, -0.2) is 38.2 Å². The predicted molar refractivity (Wildman–Crippen MR) is 101 cm³/mol. The van der Waals surface area contributed by atoms with Crippen LogP contribution in [0.4, 0.5) is 9.59 Å². The first-order chi connectivity index (χ1) is 11.4. The van der Waals surface area contributed by atoms with Crippen LogP contribution in [0, 0.1) is 0 Å². The van der Waals surface area contributed by atoms with Gasteiger partial charge in [-0.05, 0) is 0 Å². The van der Waals surface area contributed by atoms with Gasteiger partial charge in [-0.3, -0.25) is 0 Å². The maximum Gasteiger partial charge on any atom is 0.503 e. The highest BCUT2D eigenvalue weighted by atomic mass is 16.6. The zero-order valence-corrected chi connectivity index (χ0v) is 16.0. The Kier molecular flexibility index (Phi) is 38.0. The van der Waals surface area contributed by atoms with E-state index in [1.807, 2.05) is 0 Å². The molecule has 0 aromatic carbocycles. The summed E-state index contributed by atoms with van der Waals surface area (Å²) < 4.78 is 0. The molecule has 0 atom stereocenters. The molecule has 6 N–H and O–H groups in total. The van der Waals surface area contributed by atoms with E-state index in [4.69, 9.17) is 30.0 Å². The highest BCUT2D eigenvalue weighted by molar-refractivity contribution is 5.53. The lowest BCUT2D eigenvalue weighted by molar-refractivity contribution is 0.135. The Labute approximate surface area is 152 Å². The molecule has 0 saturated carbocycles. The largest absolute Gasteiger partial charge is 0.503 e. The Morgan fingerprint density at radius 1 is 0.480 bits per heavy atom. The molecule has 7 heteroatoms. The molecule has 0 heterocycles. The lowest BCUT2D eigenvalue weighted by Gasteiger charge is -2.02. The monoisotopic (exact) mass is 368 g/mol. The van der Waals surface area contributed by atoms with Gasteiger partial charge >= 0.3 is 12.3 Å². The van der Waals surface area contributed by atoms with E-state index in [1.165, 1.54) is 89.9 Å². The molecule has 0 spiro atoms. The maximum absolute atomic E-state index is 8.56. The first-order valence-corrected chi connectivity index (χ1v) is 9.22. The zero-order valence-electron chi connectivity index (χ0n) is 16.0. The molecule has 25 heavy (non-hydrogen) atoms. The smallest absolute Gasteiger partial charge is 0.450 e. The molecule has 0 unspecified atom stereocenters. The zero-order chi connectivity index (χ0) is 19.1. The molecule has 154 valence electrons. The fraction of sp³-hybridized carbons (Fsp3) is 0.889. The molecule has 0 fully saturated rings. The van der Waals surface area contributed by atoms with E-state index in [2.05, 4.69) is 13.8 Å². The number of hydrogen-bond donors (Lipinski definition) is 4. The van der Waals surface area contributed by atoms with Crippen LogP contribution in [0.15, 0.2) is 0 Å². The van der Waals surface area contributed by atoms with Crippen molar-refractivity contribution in [2.75, 3.05) is 0 Å². The normalized spacial score (nSPS) is 8.88. The molecule has 0 aromatic rings. The Morgan fingerprint density at radius 2 is 0.600 bits per heavy atom. The standard InChI is InChI=1S/C16H34.2CH2O3.H2O/c1-3-5-7-9-11-13-15-16-14-12-10-8-6-4-2;2*2-1(3)4;/h3-16H2,1-2H3;2*(H2,2,3,4);1H2. The molecular weight excluding hydrogens is 328 g/mol. The van der Waals surface area contributed by atoms with Crippen LogP contribution in [-0.2, 0) is 0 Å². The van der Waals surface area contributed by atoms with Crippen LogP contribution in [0.25, 0.3) is 0 Å². The van der Waals surface area contributed by atoms with Crippen molar-refractivity contribution >= 4 is 12.3 Å². The Balaban J connectivity index is -0.000000205. The molecule has 7 nitrogen and oxygen atoms in total. The summed E-state index contributed by atoms with van der Waals surface area (Å²) in [6.07, 6.45) is 16.8. The van der Waals surface area contributed by atoms with Gasteiger partial charge in [0.15, 0.2) is 0 Å². The average Bonchev–Trinajstić information content (AvgIpc) is 2.47. The van der Waals surface area contributed by atoms with Gasteiger partial charge in [0.25, 0.3) is 0 Å². The van der Waals surface area contributed by atoms with Crippen molar-refractivity contribution in [3.8, 4) is 0 Å². The van der Waals surface area contributed by atoms with Gasteiger partial charge in [0.1, 0.15) is 0 Å². The number of unbranched alkanes of at least 4 members (excludes halogenated alkanes) is 13. The first-order valence-electron chi connectivity index (χ1n) is 9.22. The van der Waals surface area contributed by atoms with Crippen molar-refractivity contribution in [3.05, 3.63) is 0 Å². The molecule has 0 aromatic heterocycles. The van der Waals surface area contributed by atoms with E-state index in [9.17, 15) is 0 Å². The van der Waals surface area contributed by atoms with Gasteiger partial charge in [-0.1, -0.05) is 104 Å². The van der Waals surface area contributed by atoms with Crippen molar-refractivity contribution in [1.82, 2.24) is 0 Å². The van der Waals surface area contributed by atoms with Crippen molar-refractivity contribution < 1.29 is 35.5 Å². The van der Waals surface area contributed by atoms with E-state index in [1.54, 1.807) is 0 Å². The van der Waals surface area contributed by atoms with Crippen LogP contribution < -0.4 is 0 Å². The minimum Gasteiger partial charge on any atom is -0.450 e. The van der Waals surface area contributed by atoms with E-state index >= 15 is 0 Å². The van der Waals surface area contributed by atoms with Crippen LogP contribution in [0.1, 0.15) is 104 Å². The summed E-state index contributed by atoms with van der Waals surface area (Å²) in [6, 6.07) is 0. The van der Waals surface area contributed by atoms with Gasteiger partial charge in [0.05, 0.1) is 0 Å². The van der Waals surface area contributed by atoms with Gasteiger partial charge in [-0.15, -0.1) is 0 Å². The summed E-state index contributed by atoms with van der Waals surface area (Å²) in [5.74, 6) is 0. The Morgan fingerprint density at radius 3 is 0.720 bits per heavy atom. The Hall–Kier alpha value is -1.50. The van der Waals surface area contributed by atoms with Crippen LogP contribution >= 0.6 is 0 Å². The summed E-state index contributed by atoms with van der Waals surface area (Å²) >= 11 is 0. The van der Waals surface area contributed by atoms with Gasteiger partial charge in [0, 0.05) is 0 Å². The SMILES string of the molecule is CCCCCCCCCCCCCCCC.O.O=C(O)O.O=C(O)O. The van der Waals surface area contributed by atoms with Crippen LogP contribution in [0.5, 0.6) is 0 Å². The van der Waals surface area contributed by atoms with E-state index in [0.717, 1.165) is 0 Å². The summed E-state index contributed by atoms with van der Waals surface area (Å²) in [5.41, 5.74) is 0. The third-order valence-electron chi connectivity index (χ3n) is 3.46. The van der Waals surface area contributed by atoms with Gasteiger partial charge in [0.2, 0.25) is 0 Å². The molecule has 0 aliphatic rings. The van der Waals surface area contributed by atoms with Gasteiger partial charge in [-0.2, -0.15) is 0 Å². The quantitative estimate of drug-likeness (QED) is 0.288. The number of carboxylic acid groups (broad SMARTS) is 4. The van der Waals surface area contributed by atoms with Crippen LogP contribution in [0.3, 0.4) is 0 Å². The molecular formula is C18H40O7. The molecule has 0 rings (SSSR count). The predicted octanol–water partition coefficient (Wildman–Crippen LogP) is 6.11. The van der Waals surface area contributed by atoms with Crippen LogP contribution in [0.2, 0.25) is 0 Å². The summed E-state index contributed by atoms with van der Waals surface area (Å²) in [4.78, 5) is 17.1. The first kappa shape index (κ1) is 31.3. The van der Waals surface area contributed by atoms with E-state index in [0.29, 0.717) is 0 Å². The van der Waals surface area contributed by atoms with Crippen molar-refractivity contribution in [1.29, 1.82) is 0 Å². The molecule has 0 radical (unpaired) electrons. The van der Waals surface area contributed by atoms with E-state index in [-0.39, 0.29) is 5.48 Å². The second-order valence-electron chi connectivity index (χ2n) is 5.81. The highest BCUT2D eigenvalue weighted by Crippen LogP contribution is 2.12. The molecule has 0 aliphatic carbocycles. The topological polar surface area (TPSA) is 147 Å². The van der Waals surface area contributed by atoms with Crippen molar-refractivity contribution in [2.24, 2.45) is 0 Å². The van der Waals surface area contributed by atoms with E-state index < -0.39 is 12.3 Å². The third-order valence-corrected chi connectivity index (χ3v) is 3.46. The molecule has 0 saturated heterocycles. The number of carbonyl (C=O) groups is 2. The maximum atomic E-state index is 8.56. The molecule has 0 amide bonds. The number of rotatable bonds is 13. The van der Waals surface area contributed by atoms with Gasteiger partial charge in [-0.25, -0.2) is 9.59 Å². The summed E-state index contributed by atoms with van der Waals surface area (Å²) in [5, 5.41) is 27.9. The highest BCUT2D eigenvalue weighted by Gasteiger charge is 1.92. The number of hydrogen-bond acceptors (Lipinski definition) is 2. The van der Waals surface area contributed by atoms with Crippen molar-refractivity contribution in [2.45, 2.75) is 104 Å². The second-order valence-corrected chi connectivity index (χ2v) is 5.81. The Bertz CT molecular complexity index is 224. The van der Waals surface area contributed by atoms with Crippen molar-refractivity contribution in [3.63, 3.8) is 0 Å². The average molecular weight is 369 g/mol. The summed E-state index contributed by atoms with van der Waals surface area (Å²) in [7, 11) is 0. The fourth-order valence-corrected chi connectivity index (χ4v) is 2.27. The fourth-order valence-electron chi connectivity index (χ4n) is 2.27. The lowest BCUT2D eigenvalue weighted by Crippen LogP contribution is -1.82. The lowest BCUT2D eigenvalue weighted by atomic mass is 10.0. The summed E-state index contributed by atoms with van der Waals surface area (Å²) in [6.45, 7) is 4.58.